The predicted molar refractivity (Wildman–Crippen MR) is 108 cm³/mol. The van der Waals surface area contributed by atoms with Crippen LogP contribution in [0.2, 0.25) is 0 Å². The third kappa shape index (κ3) is 5.25. The Morgan fingerprint density at radius 1 is 1.23 bits per heavy atom. The minimum absolute atomic E-state index is 0.0890. The molecule has 0 radical (unpaired) electrons. The van der Waals surface area contributed by atoms with E-state index >= 15 is 0 Å². The molecule has 0 aromatic heterocycles. The van der Waals surface area contributed by atoms with E-state index in [2.05, 4.69) is 30.9 Å². The zero-order valence-electron chi connectivity index (χ0n) is 15.9. The summed E-state index contributed by atoms with van der Waals surface area (Å²) in [5.74, 6) is -1.82. The zero-order valence-corrected chi connectivity index (χ0v) is 15.9. The van der Waals surface area contributed by atoms with E-state index in [0.29, 0.717) is 5.56 Å². The Hall–Kier alpha value is -4.08. The van der Waals surface area contributed by atoms with Crippen LogP contribution >= 0.6 is 0 Å². The van der Waals surface area contributed by atoms with Crippen molar-refractivity contribution >= 4 is 35.6 Å². The average Bonchev–Trinajstić information content (AvgIpc) is 3.08. The van der Waals surface area contributed by atoms with Crippen LogP contribution in [0.1, 0.15) is 22.3 Å². The molecule has 1 unspecified atom stereocenters. The van der Waals surface area contributed by atoms with Crippen LogP contribution in [-0.2, 0) is 14.3 Å². The molecule has 2 aromatic carbocycles. The number of esters is 1. The van der Waals surface area contributed by atoms with Crippen LogP contribution in [0.3, 0.4) is 0 Å². The maximum absolute atomic E-state index is 12.9. The molecule has 3 N–H and O–H groups in total. The van der Waals surface area contributed by atoms with Crippen molar-refractivity contribution in [2.24, 2.45) is 10.1 Å². The van der Waals surface area contributed by atoms with E-state index in [4.69, 9.17) is 0 Å². The number of carbonyl (C=O) groups excluding carboxylic acids is 3. The van der Waals surface area contributed by atoms with Gasteiger partial charge in [-0.1, -0.05) is 24.3 Å². The van der Waals surface area contributed by atoms with Gasteiger partial charge in [0.05, 0.1) is 31.0 Å². The third-order valence-corrected chi connectivity index (χ3v) is 4.07. The molecule has 154 valence electrons. The van der Waals surface area contributed by atoms with E-state index in [9.17, 15) is 18.8 Å². The summed E-state index contributed by atoms with van der Waals surface area (Å²) in [5.41, 5.74) is 3.68. The van der Waals surface area contributed by atoms with Crippen molar-refractivity contribution in [3.63, 3.8) is 0 Å². The van der Waals surface area contributed by atoms with E-state index in [1.807, 2.05) is 0 Å². The number of nitrogens with zero attached hydrogens (tertiary/aromatic N) is 2. The monoisotopic (exact) mass is 411 g/mol. The van der Waals surface area contributed by atoms with Gasteiger partial charge < -0.3 is 10.1 Å². The third-order valence-electron chi connectivity index (χ3n) is 4.07. The molecule has 1 atom stereocenters. The second-order valence-corrected chi connectivity index (χ2v) is 6.19. The highest BCUT2D eigenvalue weighted by Crippen LogP contribution is 2.17. The van der Waals surface area contributed by atoms with Crippen molar-refractivity contribution in [2.75, 3.05) is 12.4 Å². The average molecular weight is 411 g/mol. The summed E-state index contributed by atoms with van der Waals surface area (Å²) in [5, 5.41) is 8.98. The number of ether oxygens (including phenoxy) is 1. The summed E-state index contributed by atoms with van der Waals surface area (Å²) in [4.78, 5) is 40.2. The number of benzene rings is 2. The molecule has 30 heavy (non-hydrogen) atoms. The molecular weight excluding hydrogens is 393 g/mol. The molecule has 9 nitrogen and oxygen atoms in total. The van der Waals surface area contributed by atoms with Gasteiger partial charge in [0.15, 0.2) is 0 Å². The van der Waals surface area contributed by atoms with Gasteiger partial charge in [-0.05, 0) is 29.8 Å². The van der Waals surface area contributed by atoms with Crippen molar-refractivity contribution in [3.05, 3.63) is 65.5 Å². The fraction of sp³-hybridized carbons (Fsp3) is 0.150. The maximum atomic E-state index is 12.9. The van der Waals surface area contributed by atoms with Crippen molar-refractivity contribution < 1.29 is 23.5 Å². The molecular formula is C20H18FN5O4. The molecule has 3 rings (SSSR count). The molecule has 0 spiro atoms. The Kier molecular flexibility index (Phi) is 6.48. The van der Waals surface area contributed by atoms with Crippen molar-refractivity contribution in [1.29, 1.82) is 0 Å². The van der Waals surface area contributed by atoms with Crippen LogP contribution in [0.4, 0.5) is 10.1 Å². The van der Waals surface area contributed by atoms with Crippen molar-refractivity contribution in [2.45, 2.75) is 12.5 Å². The number of hydrogen-bond acceptors (Lipinski definition) is 7. The zero-order chi connectivity index (χ0) is 21.5. The van der Waals surface area contributed by atoms with E-state index in [1.165, 1.54) is 43.7 Å². The van der Waals surface area contributed by atoms with Crippen molar-refractivity contribution in [1.82, 2.24) is 10.7 Å². The summed E-state index contributed by atoms with van der Waals surface area (Å²) >= 11 is 0. The van der Waals surface area contributed by atoms with Gasteiger partial charge in [-0.3, -0.25) is 14.9 Å². The van der Waals surface area contributed by atoms with Crippen LogP contribution in [0, 0.1) is 5.82 Å². The number of amides is 2. The Morgan fingerprint density at radius 2 is 1.97 bits per heavy atom. The summed E-state index contributed by atoms with van der Waals surface area (Å²) < 4.78 is 17.6. The van der Waals surface area contributed by atoms with Crippen LogP contribution in [0.25, 0.3) is 0 Å². The minimum Gasteiger partial charge on any atom is -0.465 e. The smallest absolute Gasteiger partial charge is 0.339 e. The Bertz CT molecular complexity index is 1020. The first-order valence-corrected chi connectivity index (χ1v) is 8.87. The van der Waals surface area contributed by atoms with Gasteiger partial charge in [0.2, 0.25) is 11.9 Å². The highest BCUT2D eigenvalue weighted by atomic mass is 19.1. The van der Waals surface area contributed by atoms with Gasteiger partial charge in [-0.25, -0.2) is 19.6 Å². The number of hydrogen-bond donors (Lipinski definition) is 3. The lowest BCUT2D eigenvalue weighted by atomic mass is 10.1. The highest BCUT2D eigenvalue weighted by Gasteiger charge is 2.29. The standard InChI is InChI=1S/C20H18FN5O4/c1-30-19(29)14-4-2-3-5-15(14)23-17(27)10-16-18(28)25-20(24-16)26-22-11-12-6-8-13(21)9-7-12/h2-9,11,16H,10H2,1H3,(H,23,27)(H2,24,25,26,28). The molecule has 2 aromatic rings. The van der Waals surface area contributed by atoms with E-state index in [-0.39, 0.29) is 29.4 Å². The Morgan fingerprint density at radius 3 is 2.70 bits per heavy atom. The molecule has 0 bridgehead atoms. The number of carbonyl (C=O) groups is 3. The molecule has 1 aliphatic heterocycles. The first-order chi connectivity index (χ1) is 14.5. The maximum Gasteiger partial charge on any atom is 0.339 e. The highest BCUT2D eigenvalue weighted by molar-refractivity contribution is 6.08. The predicted octanol–water partition coefficient (Wildman–Crippen LogP) is 1.42. The number of rotatable bonds is 6. The molecule has 10 heteroatoms. The van der Waals surface area contributed by atoms with E-state index < -0.39 is 23.8 Å². The number of anilines is 1. The summed E-state index contributed by atoms with van der Waals surface area (Å²) in [6.45, 7) is 0. The largest absolute Gasteiger partial charge is 0.465 e. The van der Waals surface area contributed by atoms with Gasteiger partial charge in [-0.15, -0.1) is 0 Å². The number of aliphatic imine (C=N–C) groups is 1. The Balaban J connectivity index is 1.58. The summed E-state index contributed by atoms with van der Waals surface area (Å²) in [6.07, 6.45) is 1.20. The second-order valence-electron chi connectivity index (χ2n) is 6.19. The van der Waals surface area contributed by atoms with Crippen LogP contribution < -0.4 is 16.1 Å². The topological polar surface area (TPSA) is 121 Å². The first-order valence-electron chi connectivity index (χ1n) is 8.87. The van der Waals surface area contributed by atoms with Gasteiger partial charge >= 0.3 is 5.97 Å². The first kappa shape index (κ1) is 20.6. The fourth-order valence-corrected chi connectivity index (χ4v) is 2.62. The van der Waals surface area contributed by atoms with E-state index in [1.54, 1.807) is 18.2 Å². The lowest BCUT2D eigenvalue weighted by Gasteiger charge is -2.10. The number of halogens is 1. The molecule has 0 saturated carbocycles. The number of methoxy groups -OCH3 is 1. The summed E-state index contributed by atoms with van der Waals surface area (Å²) in [6, 6.07) is 11.1. The molecule has 0 fully saturated rings. The molecule has 0 aliphatic carbocycles. The van der Waals surface area contributed by atoms with Crippen molar-refractivity contribution in [3.8, 4) is 0 Å². The van der Waals surface area contributed by atoms with Gasteiger partial charge in [0, 0.05) is 0 Å². The minimum atomic E-state index is -0.946. The molecule has 1 heterocycles. The lowest BCUT2D eigenvalue weighted by Crippen LogP contribution is -2.35. The van der Waals surface area contributed by atoms with Crippen LogP contribution in [0.5, 0.6) is 0 Å². The molecule has 0 saturated heterocycles. The number of hydrazone groups is 1. The van der Waals surface area contributed by atoms with Gasteiger partial charge in [0.1, 0.15) is 11.9 Å². The van der Waals surface area contributed by atoms with Gasteiger partial charge in [-0.2, -0.15) is 5.10 Å². The Labute approximate surface area is 171 Å². The second kappa shape index (κ2) is 9.41. The van der Waals surface area contributed by atoms with Crippen LogP contribution in [-0.4, -0.2) is 43.1 Å². The lowest BCUT2D eigenvalue weighted by molar-refractivity contribution is -0.123. The normalized spacial score (nSPS) is 15.5. The summed E-state index contributed by atoms with van der Waals surface area (Å²) in [7, 11) is 1.24. The molecule has 2 amide bonds. The number of para-hydroxylation sites is 1. The molecule has 1 aliphatic rings. The number of guanidine groups is 1. The van der Waals surface area contributed by atoms with Gasteiger partial charge in [0.25, 0.3) is 5.91 Å². The SMILES string of the molecule is COC(=O)c1ccccc1NC(=O)CC1N=C(NN=Cc2ccc(F)cc2)NC1=O. The quantitative estimate of drug-likeness (QED) is 0.377. The number of nitrogens with one attached hydrogen (secondary N) is 3. The van der Waals surface area contributed by atoms with Crippen LogP contribution in [0.15, 0.2) is 58.6 Å². The van der Waals surface area contributed by atoms with E-state index in [0.717, 1.165) is 0 Å². The fourth-order valence-electron chi connectivity index (χ4n) is 2.62.